The average Bonchev–Trinajstić information content (AvgIpc) is 3.41. The van der Waals surface area contributed by atoms with E-state index in [2.05, 4.69) is 5.32 Å². The minimum absolute atomic E-state index is 0.0469. The van der Waals surface area contributed by atoms with Gasteiger partial charge in [-0.15, -0.1) is 11.3 Å². The molecule has 8 heteroatoms. The van der Waals surface area contributed by atoms with Gasteiger partial charge in [-0.05, 0) is 56.4 Å². The van der Waals surface area contributed by atoms with Crippen molar-refractivity contribution in [1.29, 1.82) is 0 Å². The molecule has 4 rings (SSSR count). The minimum atomic E-state index is -0.0469. The Hall–Kier alpha value is -2.32. The van der Waals surface area contributed by atoms with Crippen molar-refractivity contribution in [2.45, 2.75) is 57.1 Å². The molecule has 0 unspecified atom stereocenters. The predicted octanol–water partition coefficient (Wildman–Crippen LogP) is 4.65. The molecular weight excluding hydrogens is 442 g/mol. The van der Waals surface area contributed by atoms with E-state index in [1.165, 1.54) is 11.8 Å². The first-order valence-electron chi connectivity index (χ1n) is 11.0. The molecule has 6 nitrogen and oxygen atoms in total. The average molecular weight is 472 g/mol. The molecule has 32 heavy (non-hydrogen) atoms. The SMILES string of the molecule is COc1ccc(CCNC(=O)CSc2nc3sc(C)c(C)c3c(=O)n2C2CCCC2)cc1. The number of benzene rings is 1. The fraction of sp³-hybridized carbons (Fsp3) is 0.458. The number of hydrogen-bond acceptors (Lipinski definition) is 6. The van der Waals surface area contributed by atoms with Crippen molar-refractivity contribution in [3.8, 4) is 5.75 Å². The molecule has 0 aliphatic heterocycles. The second-order valence-electron chi connectivity index (χ2n) is 8.21. The van der Waals surface area contributed by atoms with Crippen LogP contribution < -0.4 is 15.6 Å². The summed E-state index contributed by atoms with van der Waals surface area (Å²) in [5, 5.41) is 4.39. The zero-order chi connectivity index (χ0) is 22.7. The van der Waals surface area contributed by atoms with E-state index in [0.717, 1.165) is 64.1 Å². The van der Waals surface area contributed by atoms with Crippen LogP contribution in [0.5, 0.6) is 5.75 Å². The molecule has 2 heterocycles. The third-order valence-corrected chi connectivity index (χ3v) is 8.17. The lowest BCUT2D eigenvalue weighted by Crippen LogP contribution is -2.29. The Morgan fingerprint density at radius 3 is 2.66 bits per heavy atom. The third-order valence-electron chi connectivity index (χ3n) is 6.12. The van der Waals surface area contributed by atoms with Gasteiger partial charge in [-0.2, -0.15) is 0 Å². The Labute approximate surface area is 196 Å². The number of carbonyl (C=O) groups is 1. The lowest BCUT2D eigenvalue weighted by Gasteiger charge is -2.18. The largest absolute Gasteiger partial charge is 0.497 e. The maximum absolute atomic E-state index is 13.4. The van der Waals surface area contributed by atoms with Gasteiger partial charge in [-0.1, -0.05) is 36.7 Å². The summed E-state index contributed by atoms with van der Waals surface area (Å²) in [5.41, 5.74) is 2.22. The Kier molecular flexibility index (Phi) is 7.20. The molecular formula is C24H29N3O3S2. The number of aromatic nitrogens is 2. The number of aryl methyl sites for hydroxylation is 2. The number of thiophene rings is 1. The molecule has 0 atom stereocenters. The van der Waals surface area contributed by atoms with Gasteiger partial charge in [0.15, 0.2) is 5.16 Å². The molecule has 1 N–H and O–H groups in total. The molecule has 0 bridgehead atoms. The highest BCUT2D eigenvalue weighted by Crippen LogP contribution is 2.34. The molecule has 1 aliphatic rings. The molecule has 1 aromatic carbocycles. The molecule has 0 spiro atoms. The van der Waals surface area contributed by atoms with Gasteiger partial charge in [0.25, 0.3) is 5.56 Å². The van der Waals surface area contributed by atoms with Crippen LogP contribution in [0, 0.1) is 13.8 Å². The van der Waals surface area contributed by atoms with Gasteiger partial charge in [0, 0.05) is 17.5 Å². The van der Waals surface area contributed by atoms with Crippen molar-refractivity contribution in [3.63, 3.8) is 0 Å². The van der Waals surface area contributed by atoms with E-state index in [1.807, 2.05) is 42.7 Å². The highest BCUT2D eigenvalue weighted by atomic mass is 32.2. The van der Waals surface area contributed by atoms with Crippen molar-refractivity contribution >= 4 is 39.2 Å². The highest BCUT2D eigenvalue weighted by molar-refractivity contribution is 7.99. The minimum Gasteiger partial charge on any atom is -0.497 e. The van der Waals surface area contributed by atoms with Crippen LogP contribution in [0.25, 0.3) is 10.2 Å². The Morgan fingerprint density at radius 1 is 1.25 bits per heavy atom. The first-order chi connectivity index (χ1) is 15.5. The van der Waals surface area contributed by atoms with Crippen LogP contribution in [-0.2, 0) is 11.2 Å². The number of amides is 1. The van der Waals surface area contributed by atoms with Gasteiger partial charge in [-0.3, -0.25) is 14.2 Å². The van der Waals surface area contributed by atoms with Crippen LogP contribution in [0.2, 0.25) is 0 Å². The van der Waals surface area contributed by atoms with E-state index in [1.54, 1.807) is 18.4 Å². The smallest absolute Gasteiger partial charge is 0.263 e. The van der Waals surface area contributed by atoms with E-state index in [-0.39, 0.29) is 23.3 Å². The molecule has 0 radical (unpaired) electrons. The van der Waals surface area contributed by atoms with Crippen molar-refractivity contribution in [2.75, 3.05) is 19.4 Å². The number of hydrogen-bond donors (Lipinski definition) is 1. The number of carbonyl (C=O) groups excluding carboxylic acids is 1. The van der Waals surface area contributed by atoms with Crippen molar-refractivity contribution in [3.05, 3.63) is 50.6 Å². The van der Waals surface area contributed by atoms with E-state index in [9.17, 15) is 9.59 Å². The van der Waals surface area contributed by atoms with E-state index in [4.69, 9.17) is 9.72 Å². The van der Waals surface area contributed by atoms with Gasteiger partial charge < -0.3 is 10.1 Å². The summed E-state index contributed by atoms with van der Waals surface area (Å²) in [4.78, 5) is 32.6. The summed E-state index contributed by atoms with van der Waals surface area (Å²) in [6.07, 6.45) is 5.01. The van der Waals surface area contributed by atoms with Gasteiger partial charge in [0.1, 0.15) is 10.6 Å². The number of fused-ring (bicyclic) bond motifs is 1. The summed E-state index contributed by atoms with van der Waals surface area (Å²) in [6.45, 7) is 4.60. The van der Waals surface area contributed by atoms with Gasteiger partial charge in [0.2, 0.25) is 5.91 Å². The normalized spacial score (nSPS) is 14.2. The van der Waals surface area contributed by atoms with E-state index >= 15 is 0 Å². The zero-order valence-corrected chi connectivity index (χ0v) is 20.4. The number of nitrogens with zero attached hydrogens (tertiary/aromatic N) is 2. The van der Waals surface area contributed by atoms with Gasteiger partial charge in [0.05, 0.1) is 18.2 Å². The van der Waals surface area contributed by atoms with Gasteiger partial charge >= 0.3 is 0 Å². The van der Waals surface area contributed by atoms with Crippen LogP contribution in [-0.4, -0.2) is 34.9 Å². The van der Waals surface area contributed by atoms with Crippen LogP contribution in [0.3, 0.4) is 0 Å². The second kappa shape index (κ2) is 10.1. The number of methoxy groups -OCH3 is 1. The highest BCUT2D eigenvalue weighted by Gasteiger charge is 2.25. The fourth-order valence-electron chi connectivity index (χ4n) is 4.19. The lowest BCUT2D eigenvalue weighted by molar-refractivity contribution is -0.118. The molecule has 170 valence electrons. The molecule has 3 aromatic rings. The topological polar surface area (TPSA) is 73.2 Å². The van der Waals surface area contributed by atoms with Crippen LogP contribution in [0.15, 0.2) is 34.2 Å². The standard InChI is InChI=1S/C24H29N3O3S2/c1-15-16(2)32-22-21(15)23(29)27(18-6-4-5-7-18)24(26-22)31-14-20(28)25-13-12-17-8-10-19(30-3)11-9-17/h8-11,18H,4-7,12-14H2,1-3H3,(H,25,28). The molecule has 1 fully saturated rings. The maximum atomic E-state index is 13.4. The maximum Gasteiger partial charge on any atom is 0.263 e. The van der Waals surface area contributed by atoms with Crippen LogP contribution in [0.4, 0.5) is 0 Å². The molecule has 1 amide bonds. The third kappa shape index (κ3) is 4.86. The van der Waals surface area contributed by atoms with Crippen molar-refractivity contribution < 1.29 is 9.53 Å². The van der Waals surface area contributed by atoms with E-state index < -0.39 is 0 Å². The quantitative estimate of drug-likeness (QED) is 0.382. The molecule has 1 aliphatic carbocycles. The summed E-state index contributed by atoms with van der Waals surface area (Å²) < 4.78 is 7.04. The summed E-state index contributed by atoms with van der Waals surface area (Å²) in [7, 11) is 1.65. The number of nitrogens with one attached hydrogen (secondary N) is 1. The molecule has 2 aromatic heterocycles. The number of rotatable bonds is 8. The molecule has 0 saturated heterocycles. The van der Waals surface area contributed by atoms with Crippen LogP contribution in [0.1, 0.15) is 47.7 Å². The number of ether oxygens (including phenoxy) is 1. The van der Waals surface area contributed by atoms with Crippen molar-refractivity contribution in [2.24, 2.45) is 0 Å². The fourth-order valence-corrected chi connectivity index (χ4v) is 6.16. The van der Waals surface area contributed by atoms with Crippen molar-refractivity contribution in [1.82, 2.24) is 14.9 Å². The summed E-state index contributed by atoms with van der Waals surface area (Å²) >= 11 is 2.93. The van der Waals surface area contributed by atoms with Crippen LogP contribution >= 0.6 is 23.1 Å². The second-order valence-corrected chi connectivity index (χ2v) is 10.4. The van der Waals surface area contributed by atoms with Gasteiger partial charge in [-0.25, -0.2) is 4.98 Å². The Bertz CT molecular complexity index is 1160. The Morgan fingerprint density at radius 2 is 1.97 bits per heavy atom. The first kappa shape index (κ1) is 22.9. The Balaban J connectivity index is 1.44. The monoisotopic (exact) mass is 471 g/mol. The predicted molar refractivity (Wildman–Crippen MR) is 131 cm³/mol. The lowest BCUT2D eigenvalue weighted by atomic mass is 10.1. The first-order valence-corrected chi connectivity index (χ1v) is 12.8. The summed E-state index contributed by atoms with van der Waals surface area (Å²) in [6, 6.07) is 8.03. The van der Waals surface area contributed by atoms with E-state index in [0.29, 0.717) is 11.7 Å². The summed E-state index contributed by atoms with van der Waals surface area (Å²) in [5.74, 6) is 1.02. The zero-order valence-electron chi connectivity index (χ0n) is 18.8. The molecule has 1 saturated carbocycles. The number of thioether (sulfide) groups is 1.